The van der Waals surface area contributed by atoms with E-state index in [9.17, 15) is 47.9 Å². The average Bonchev–Trinajstić information content (AvgIpc) is 3.68. The van der Waals surface area contributed by atoms with Crippen LogP contribution in [0.25, 0.3) is 0 Å². The summed E-state index contributed by atoms with van der Waals surface area (Å²) in [6, 6.07) is 0. The summed E-state index contributed by atoms with van der Waals surface area (Å²) < 4.78 is 0. The first-order valence-electron chi connectivity index (χ1n) is 22.3. The fourth-order valence-electron chi connectivity index (χ4n) is 5.01. The van der Waals surface area contributed by atoms with Gasteiger partial charge in [0, 0.05) is 94.5 Å². The molecule has 1 heterocycles. The Morgan fingerprint density at radius 2 is 0.846 bits per heavy atom. The van der Waals surface area contributed by atoms with E-state index in [2.05, 4.69) is 39.8 Å². The highest BCUT2D eigenvalue weighted by Gasteiger charge is 2.26. The summed E-state index contributed by atoms with van der Waals surface area (Å²) in [5.74, 6) is 5.08. The molecule has 0 bridgehead atoms. The lowest BCUT2D eigenvalue weighted by Crippen LogP contribution is -2.09. The van der Waals surface area contributed by atoms with E-state index in [1.54, 1.807) is 20.8 Å². The molecule has 0 aromatic rings. The Morgan fingerprint density at radius 1 is 0.508 bits per heavy atom. The molecule has 0 aromatic carbocycles. The normalized spacial score (nSPS) is 12.6. The molecule has 0 saturated carbocycles. The molecule has 15 heteroatoms. The van der Waals surface area contributed by atoms with Crippen LogP contribution in [0.4, 0.5) is 0 Å². The third-order valence-corrected chi connectivity index (χ3v) is 13.6. The van der Waals surface area contributed by atoms with E-state index in [1.165, 1.54) is 122 Å². The predicted octanol–water partition coefficient (Wildman–Crippen LogP) is 12.4. The van der Waals surface area contributed by atoms with Gasteiger partial charge >= 0.3 is 0 Å². The molecule has 1 aliphatic rings. The van der Waals surface area contributed by atoms with Gasteiger partial charge in [0.25, 0.3) is 0 Å². The van der Waals surface area contributed by atoms with Gasteiger partial charge in [-0.1, -0.05) is 131 Å². The summed E-state index contributed by atoms with van der Waals surface area (Å²) in [6.45, 7) is 25.4. The van der Waals surface area contributed by atoms with E-state index in [4.69, 9.17) is 0 Å². The first-order chi connectivity index (χ1) is 30.8. The topological polar surface area (TPSA) is 171 Å². The van der Waals surface area contributed by atoms with Crippen molar-refractivity contribution in [2.75, 3.05) is 28.8 Å². The number of allylic oxidation sites excluding steroid dienone is 5. The monoisotopic (exact) mass is 998 g/mol. The first kappa shape index (κ1) is 68.7. The molecule has 368 valence electrons. The molecule has 0 N–H and O–H groups in total. The van der Waals surface area contributed by atoms with Crippen molar-refractivity contribution >= 4 is 113 Å². The molecule has 1 fully saturated rings. The minimum Gasteiger partial charge on any atom is -0.295 e. The van der Waals surface area contributed by atoms with Crippen LogP contribution in [0.2, 0.25) is 0 Å². The summed E-state index contributed by atoms with van der Waals surface area (Å²) in [4.78, 5) is 107. The number of carbonyl (C=O) groups excluding carboxylic acids is 10. The van der Waals surface area contributed by atoms with Gasteiger partial charge in [-0.25, -0.2) is 0 Å². The van der Waals surface area contributed by atoms with Crippen molar-refractivity contribution in [2.24, 2.45) is 11.8 Å². The maximum atomic E-state index is 11.0. The van der Waals surface area contributed by atoms with Gasteiger partial charge in [-0.05, 0) is 87.7 Å². The van der Waals surface area contributed by atoms with Crippen molar-refractivity contribution < 1.29 is 47.9 Å². The standard InChI is InChI=1S/C14H24O2S.C11H18O2S.C9H14O2S.C8H10O2S.C8H12O2S/c1-3-14(16)11-9-7-5-4-6-8-10-12-17-13(2)15;1-4-11(13)7-5-6-9(2)8-14-10(3)12;1-3-9(11)6-4-5-7-12-8(2)10;1-2-7(9)5-6-3-4-11-8(6)10;1-3-8(10)5-4-6-11-7(2)9/h3H,1,4-12H2,2H3;4,9H,1,5-8H2,2-3H3;3H,1,4-7H2,2H3;2,6H,1,3-5H2;3H,1,4-6H2,2H3. The molecule has 1 aliphatic heterocycles. The minimum atomic E-state index is -0.0366. The number of ketones is 5. The maximum Gasteiger partial charge on any atom is 0.192 e. The van der Waals surface area contributed by atoms with Crippen molar-refractivity contribution in [1.82, 2.24) is 0 Å². The number of carbonyl (C=O) groups is 10. The summed E-state index contributed by atoms with van der Waals surface area (Å²) in [5, 5.41) is 0.803. The van der Waals surface area contributed by atoms with Crippen LogP contribution in [-0.2, 0) is 47.9 Å². The van der Waals surface area contributed by atoms with Gasteiger partial charge in [0.15, 0.2) is 54.5 Å². The fourth-order valence-corrected chi connectivity index (χ4v) is 8.58. The molecule has 65 heavy (non-hydrogen) atoms. The predicted molar refractivity (Wildman–Crippen MR) is 282 cm³/mol. The largest absolute Gasteiger partial charge is 0.295 e. The Bertz CT molecular complexity index is 1490. The summed E-state index contributed by atoms with van der Waals surface area (Å²) in [5.41, 5.74) is 0. The molecule has 0 aromatic heterocycles. The van der Waals surface area contributed by atoms with Crippen molar-refractivity contribution in [3.8, 4) is 0 Å². The molecule has 1 saturated heterocycles. The zero-order valence-electron chi connectivity index (χ0n) is 40.0. The molecule has 0 amide bonds. The number of hydrogen-bond donors (Lipinski definition) is 0. The van der Waals surface area contributed by atoms with Gasteiger partial charge in [-0.3, -0.25) is 47.9 Å². The van der Waals surface area contributed by atoms with Crippen LogP contribution in [0, 0.1) is 11.8 Å². The maximum absolute atomic E-state index is 11.0. The van der Waals surface area contributed by atoms with Crippen molar-refractivity contribution in [3.05, 3.63) is 63.3 Å². The Balaban J connectivity index is -0.000000361. The Labute approximate surface area is 412 Å². The van der Waals surface area contributed by atoms with Gasteiger partial charge in [-0.15, -0.1) is 0 Å². The molecular formula is C50H78O10S5. The lowest BCUT2D eigenvalue weighted by atomic mass is 10.0. The highest BCUT2D eigenvalue weighted by atomic mass is 32.2. The molecule has 1 rings (SSSR count). The molecule has 10 nitrogen and oxygen atoms in total. The first-order valence-corrected chi connectivity index (χ1v) is 27.2. The van der Waals surface area contributed by atoms with E-state index in [0.717, 1.165) is 86.6 Å². The number of rotatable bonds is 32. The van der Waals surface area contributed by atoms with Crippen LogP contribution < -0.4 is 0 Å². The van der Waals surface area contributed by atoms with Crippen LogP contribution in [0.15, 0.2) is 63.3 Å². The molecule has 0 aliphatic carbocycles. The Kier molecular flexibility index (Phi) is 53.5. The van der Waals surface area contributed by atoms with Gasteiger partial charge in [-0.2, -0.15) is 0 Å². The number of hydrogen-bond acceptors (Lipinski definition) is 15. The van der Waals surface area contributed by atoms with Gasteiger partial charge in [0.2, 0.25) is 0 Å². The molecule has 0 radical (unpaired) electrons. The molecule has 2 atom stereocenters. The van der Waals surface area contributed by atoms with Crippen LogP contribution in [0.3, 0.4) is 0 Å². The zero-order valence-corrected chi connectivity index (χ0v) is 44.0. The van der Waals surface area contributed by atoms with Gasteiger partial charge in [0.1, 0.15) is 0 Å². The highest BCUT2D eigenvalue weighted by molar-refractivity contribution is 8.14. The van der Waals surface area contributed by atoms with Crippen LogP contribution in [0.1, 0.15) is 150 Å². The van der Waals surface area contributed by atoms with Crippen LogP contribution in [0.5, 0.6) is 0 Å². The fraction of sp³-hybridized carbons (Fsp3) is 0.600. The zero-order chi connectivity index (χ0) is 50.3. The Morgan fingerprint density at radius 3 is 1.23 bits per heavy atom. The second kappa shape index (κ2) is 50.6. The minimum absolute atomic E-state index is 0.0224. The van der Waals surface area contributed by atoms with Gasteiger partial charge in [0.05, 0.1) is 0 Å². The lowest BCUT2D eigenvalue weighted by Gasteiger charge is -2.08. The second-order valence-electron chi connectivity index (χ2n) is 14.8. The van der Waals surface area contributed by atoms with E-state index in [-0.39, 0.29) is 60.4 Å². The summed E-state index contributed by atoms with van der Waals surface area (Å²) in [6.07, 6.45) is 22.8. The van der Waals surface area contributed by atoms with E-state index >= 15 is 0 Å². The third-order valence-electron chi connectivity index (χ3n) is 8.69. The SMILES string of the molecule is C=CC(=O)CC1CCSC1=O.C=CC(=O)CCCC(C)CSC(C)=O.C=CC(=O)CCCCCCCCCSC(C)=O.C=CC(=O)CCCCSC(C)=O.C=CC(=O)CCCSC(C)=O. The Hall–Kier alpha value is -2.85. The molecular weight excluding hydrogens is 921 g/mol. The number of thioether (sulfide) groups is 5. The van der Waals surface area contributed by atoms with E-state index < -0.39 is 0 Å². The summed E-state index contributed by atoms with van der Waals surface area (Å²) >= 11 is 6.69. The smallest absolute Gasteiger partial charge is 0.192 e. The quantitative estimate of drug-likeness (QED) is 0.0460. The van der Waals surface area contributed by atoms with Crippen LogP contribution in [-0.4, -0.2) is 83.3 Å². The van der Waals surface area contributed by atoms with E-state index in [1.807, 2.05) is 0 Å². The van der Waals surface area contributed by atoms with E-state index in [0.29, 0.717) is 38.0 Å². The van der Waals surface area contributed by atoms with Crippen molar-refractivity contribution in [2.45, 2.75) is 150 Å². The van der Waals surface area contributed by atoms with Crippen LogP contribution >= 0.6 is 58.8 Å². The molecule has 2 unspecified atom stereocenters. The van der Waals surface area contributed by atoms with Gasteiger partial charge < -0.3 is 0 Å². The van der Waals surface area contributed by atoms with Crippen molar-refractivity contribution in [3.63, 3.8) is 0 Å². The third kappa shape index (κ3) is 59.1. The number of unbranched alkanes of at least 4 members (excludes halogenated alkanes) is 7. The lowest BCUT2D eigenvalue weighted by molar-refractivity contribution is -0.120. The summed E-state index contributed by atoms with van der Waals surface area (Å²) in [7, 11) is 0. The average molecular weight is 999 g/mol. The highest BCUT2D eigenvalue weighted by Crippen LogP contribution is 2.28. The van der Waals surface area contributed by atoms with Crippen molar-refractivity contribution in [1.29, 1.82) is 0 Å². The second-order valence-corrected chi connectivity index (χ2v) is 20.9. The molecule has 0 spiro atoms.